The van der Waals surface area contributed by atoms with Gasteiger partial charge < -0.3 is 4.90 Å². The Labute approximate surface area is 119 Å². The molecule has 0 unspecified atom stereocenters. The first-order chi connectivity index (χ1) is 9.83. The number of fused-ring (bicyclic) bond motifs is 2. The van der Waals surface area contributed by atoms with Gasteiger partial charge in [-0.05, 0) is 38.5 Å². The van der Waals surface area contributed by atoms with E-state index in [-0.39, 0.29) is 0 Å². The molecule has 1 aliphatic heterocycles. The lowest BCUT2D eigenvalue weighted by molar-refractivity contribution is 0.242. The van der Waals surface area contributed by atoms with Crippen LogP contribution in [0.5, 0.6) is 0 Å². The number of hydrogen-bond acceptors (Lipinski definition) is 4. The van der Waals surface area contributed by atoms with Gasteiger partial charge in [0.05, 0.1) is 0 Å². The molecule has 0 spiro atoms. The van der Waals surface area contributed by atoms with Gasteiger partial charge >= 0.3 is 0 Å². The lowest BCUT2D eigenvalue weighted by atomic mass is 9.78. The Balaban J connectivity index is 1.79. The van der Waals surface area contributed by atoms with Gasteiger partial charge in [0, 0.05) is 24.3 Å². The molecule has 0 bridgehead atoms. The highest BCUT2D eigenvalue weighted by Gasteiger charge is 2.34. The summed E-state index contributed by atoms with van der Waals surface area (Å²) < 4.78 is 1.91. The Kier molecular flexibility index (Phi) is 2.86. The van der Waals surface area contributed by atoms with Crippen molar-refractivity contribution in [2.45, 2.75) is 51.5 Å². The van der Waals surface area contributed by atoms with Crippen LogP contribution in [0.15, 0.2) is 12.4 Å². The van der Waals surface area contributed by atoms with Gasteiger partial charge in [-0.2, -0.15) is 14.6 Å². The highest BCUT2D eigenvalue weighted by atomic mass is 15.4. The quantitative estimate of drug-likeness (QED) is 0.800. The number of piperidine rings is 1. The maximum atomic E-state index is 4.46. The number of anilines is 1. The zero-order valence-electron chi connectivity index (χ0n) is 12.0. The Morgan fingerprint density at radius 1 is 1.15 bits per heavy atom. The van der Waals surface area contributed by atoms with E-state index in [4.69, 9.17) is 0 Å². The SMILES string of the molecule is Cc1cc(N2CCC[C@H]3CCCC[C@@H]32)n2ncnc2n1. The molecule has 0 aromatic carbocycles. The smallest absolute Gasteiger partial charge is 0.254 e. The summed E-state index contributed by atoms with van der Waals surface area (Å²) in [6, 6.07) is 2.85. The molecule has 0 amide bonds. The Bertz CT molecular complexity index is 618. The van der Waals surface area contributed by atoms with Crippen molar-refractivity contribution < 1.29 is 0 Å². The molecule has 2 fully saturated rings. The van der Waals surface area contributed by atoms with Gasteiger partial charge in [0.1, 0.15) is 12.1 Å². The zero-order chi connectivity index (χ0) is 13.5. The average Bonchev–Trinajstić information content (AvgIpc) is 2.94. The van der Waals surface area contributed by atoms with Gasteiger partial charge in [0.25, 0.3) is 5.78 Å². The van der Waals surface area contributed by atoms with E-state index in [1.807, 2.05) is 11.4 Å². The van der Waals surface area contributed by atoms with E-state index in [2.05, 4.69) is 26.0 Å². The van der Waals surface area contributed by atoms with Crippen LogP contribution in [0.3, 0.4) is 0 Å². The third kappa shape index (κ3) is 1.87. The van der Waals surface area contributed by atoms with Gasteiger partial charge in [0.2, 0.25) is 0 Å². The van der Waals surface area contributed by atoms with E-state index in [1.165, 1.54) is 44.3 Å². The summed E-state index contributed by atoms with van der Waals surface area (Å²) in [7, 11) is 0. The summed E-state index contributed by atoms with van der Waals surface area (Å²) in [5.41, 5.74) is 1.03. The Hall–Kier alpha value is -1.65. The molecule has 2 aliphatic rings. The number of aromatic nitrogens is 4. The highest BCUT2D eigenvalue weighted by molar-refractivity contribution is 5.48. The number of rotatable bonds is 1. The molecule has 0 N–H and O–H groups in total. The van der Waals surface area contributed by atoms with E-state index in [0.717, 1.165) is 23.9 Å². The van der Waals surface area contributed by atoms with Crippen LogP contribution in [0.25, 0.3) is 5.78 Å². The van der Waals surface area contributed by atoms with Crippen molar-refractivity contribution in [1.82, 2.24) is 19.6 Å². The molecule has 20 heavy (non-hydrogen) atoms. The molecule has 2 atom stereocenters. The van der Waals surface area contributed by atoms with Crippen LogP contribution in [0.4, 0.5) is 5.82 Å². The second kappa shape index (κ2) is 4.72. The van der Waals surface area contributed by atoms with Crippen LogP contribution >= 0.6 is 0 Å². The van der Waals surface area contributed by atoms with E-state index in [0.29, 0.717) is 6.04 Å². The third-order valence-corrected chi connectivity index (χ3v) is 4.90. The van der Waals surface area contributed by atoms with Crippen molar-refractivity contribution in [1.29, 1.82) is 0 Å². The second-order valence-electron chi connectivity index (χ2n) is 6.18. The first-order valence-corrected chi connectivity index (χ1v) is 7.77. The van der Waals surface area contributed by atoms with E-state index in [1.54, 1.807) is 6.33 Å². The predicted molar refractivity (Wildman–Crippen MR) is 77.8 cm³/mol. The van der Waals surface area contributed by atoms with Crippen LogP contribution < -0.4 is 4.90 Å². The fourth-order valence-electron chi connectivity index (χ4n) is 4.03. The van der Waals surface area contributed by atoms with Crippen LogP contribution in [0, 0.1) is 12.8 Å². The molecule has 5 nitrogen and oxygen atoms in total. The monoisotopic (exact) mass is 271 g/mol. The lowest BCUT2D eigenvalue weighted by Crippen LogP contribution is -2.47. The fourth-order valence-corrected chi connectivity index (χ4v) is 4.03. The molecule has 3 heterocycles. The lowest BCUT2D eigenvalue weighted by Gasteiger charge is -2.45. The van der Waals surface area contributed by atoms with Gasteiger partial charge in [-0.1, -0.05) is 12.8 Å². The second-order valence-corrected chi connectivity index (χ2v) is 6.18. The first kappa shape index (κ1) is 12.1. The van der Waals surface area contributed by atoms with Crippen molar-refractivity contribution in [3.8, 4) is 0 Å². The molecule has 1 aliphatic carbocycles. The van der Waals surface area contributed by atoms with Gasteiger partial charge in [0.15, 0.2) is 0 Å². The normalized spacial score (nSPS) is 26.8. The summed E-state index contributed by atoms with van der Waals surface area (Å²) in [6.07, 6.45) is 9.78. The van der Waals surface area contributed by atoms with Crippen LogP contribution in [-0.4, -0.2) is 32.2 Å². The van der Waals surface area contributed by atoms with Gasteiger partial charge in [-0.3, -0.25) is 0 Å². The molecule has 4 rings (SSSR count). The summed E-state index contributed by atoms with van der Waals surface area (Å²) in [6.45, 7) is 3.18. The van der Waals surface area contributed by atoms with E-state index >= 15 is 0 Å². The molecule has 2 aromatic rings. The maximum absolute atomic E-state index is 4.46. The van der Waals surface area contributed by atoms with Gasteiger partial charge in [-0.15, -0.1) is 0 Å². The zero-order valence-corrected chi connectivity index (χ0v) is 12.0. The van der Waals surface area contributed by atoms with E-state index < -0.39 is 0 Å². The van der Waals surface area contributed by atoms with Gasteiger partial charge in [-0.25, -0.2) is 4.98 Å². The number of nitrogens with zero attached hydrogens (tertiary/aromatic N) is 5. The number of hydrogen-bond donors (Lipinski definition) is 0. The number of aryl methyl sites for hydroxylation is 1. The summed E-state index contributed by atoms with van der Waals surface area (Å²) in [5.74, 6) is 2.77. The largest absolute Gasteiger partial charge is 0.353 e. The summed E-state index contributed by atoms with van der Waals surface area (Å²) >= 11 is 0. The highest BCUT2D eigenvalue weighted by Crippen LogP contribution is 2.37. The Morgan fingerprint density at radius 3 is 2.95 bits per heavy atom. The van der Waals surface area contributed by atoms with Crippen molar-refractivity contribution in [2.24, 2.45) is 5.92 Å². The minimum atomic E-state index is 0.687. The van der Waals surface area contributed by atoms with Crippen LogP contribution in [-0.2, 0) is 0 Å². The van der Waals surface area contributed by atoms with Crippen LogP contribution in [0.1, 0.15) is 44.2 Å². The molecule has 0 radical (unpaired) electrons. The van der Waals surface area contributed by atoms with E-state index in [9.17, 15) is 0 Å². The summed E-state index contributed by atoms with van der Waals surface area (Å²) in [5, 5.41) is 4.37. The van der Waals surface area contributed by atoms with Crippen molar-refractivity contribution >= 4 is 11.6 Å². The molecule has 106 valence electrons. The van der Waals surface area contributed by atoms with Crippen molar-refractivity contribution in [2.75, 3.05) is 11.4 Å². The standard InChI is InChI=1S/C15H21N5/c1-11-9-14(20-15(18-11)16-10-17-20)19-8-4-6-12-5-2-3-7-13(12)19/h9-10,12-13H,2-8H2,1H3/t12-,13+/m1/s1. The fraction of sp³-hybridized carbons (Fsp3) is 0.667. The minimum Gasteiger partial charge on any atom is -0.353 e. The molecule has 1 saturated heterocycles. The average molecular weight is 271 g/mol. The molecule has 1 saturated carbocycles. The maximum Gasteiger partial charge on any atom is 0.254 e. The van der Waals surface area contributed by atoms with Crippen LogP contribution in [0.2, 0.25) is 0 Å². The minimum absolute atomic E-state index is 0.687. The van der Waals surface area contributed by atoms with Crippen molar-refractivity contribution in [3.05, 3.63) is 18.1 Å². The molecular weight excluding hydrogens is 250 g/mol. The molecule has 5 heteroatoms. The topological polar surface area (TPSA) is 46.3 Å². The first-order valence-electron chi connectivity index (χ1n) is 7.77. The predicted octanol–water partition coefficient (Wildman–Crippen LogP) is 2.59. The Morgan fingerprint density at radius 2 is 2.00 bits per heavy atom. The molecular formula is C15H21N5. The summed E-state index contributed by atoms with van der Waals surface area (Å²) in [4.78, 5) is 11.3. The third-order valence-electron chi connectivity index (χ3n) is 4.90. The van der Waals surface area contributed by atoms with Crippen molar-refractivity contribution in [3.63, 3.8) is 0 Å². The molecule has 2 aromatic heterocycles.